The molecule has 0 saturated heterocycles. The van der Waals surface area contributed by atoms with Crippen LogP contribution in [0.25, 0.3) is 0 Å². The van der Waals surface area contributed by atoms with Crippen molar-refractivity contribution in [3.63, 3.8) is 0 Å². The Morgan fingerprint density at radius 1 is 1.54 bits per heavy atom. The van der Waals surface area contributed by atoms with Crippen molar-refractivity contribution in [3.8, 4) is 0 Å². The topological polar surface area (TPSA) is 24.9 Å². The molecule has 1 aliphatic rings. The van der Waals surface area contributed by atoms with Gasteiger partial charge in [0.25, 0.3) is 0 Å². The minimum Gasteiger partial charge on any atom is -0.310 e. The fourth-order valence-electron chi connectivity index (χ4n) is 1.83. The molecule has 2 rings (SSSR count). The van der Waals surface area contributed by atoms with Gasteiger partial charge in [-0.25, -0.2) is 0 Å². The molecular formula is C11H16N2. The first-order chi connectivity index (χ1) is 6.34. The Labute approximate surface area is 79.4 Å². The van der Waals surface area contributed by atoms with E-state index in [9.17, 15) is 0 Å². The number of hydrogen-bond acceptors (Lipinski definition) is 2. The monoisotopic (exact) mass is 176 g/mol. The van der Waals surface area contributed by atoms with Crippen molar-refractivity contribution >= 4 is 0 Å². The van der Waals surface area contributed by atoms with Crippen molar-refractivity contribution in [2.24, 2.45) is 5.92 Å². The van der Waals surface area contributed by atoms with Crippen molar-refractivity contribution in [2.75, 3.05) is 0 Å². The molecule has 0 amide bonds. The van der Waals surface area contributed by atoms with Crippen LogP contribution in [-0.4, -0.2) is 11.0 Å². The summed E-state index contributed by atoms with van der Waals surface area (Å²) in [6.45, 7) is 3.27. The summed E-state index contributed by atoms with van der Waals surface area (Å²) in [6.07, 6.45) is 6.41. The van der Waals surface area contributed by atoms with E-state index in [1.807, 2.05) is 18.5 Å². The quantitative estimate of drug-likeness (QED) is 0.761. The fourth-order valence-corrected chi connectivity index (χ4v) is 1.83. The predicted molar refractivity (Wildman–Crippen MR) is 53.3 cm³/mol. The second kappa shape index (κ2) is 3.88. The highest BCUT2D eigenvalue weighted by molar-refractivity contribution is 5.08. The second-order valence-corrected chi connectivity index (χ2v) is 4.02. The Morgan fingerprint density at radius 3 is 3.00 bits per heavy atom. The Kier molecular flexibility index (Phi) is 2.60. The minimum absolute atomic E-state index is 0.746. The minimum atomic E-state index is 0.746. The molecule has 1 aliphatic carbocycles. The van der Waals surface area contributed by atoms with E-state index in [2.05, 4.69) is 23.3 Å². The summed E-state index contributed by atoms with van der Waals surface area (Å²) in [5.41, 5.74) is 1.28. The molecule has 1 aromatic rings. The molecule has 1 heterocycles. The number of nitrogens with one attached hydrogen (secondary N) is 1. The lowest BCUT2D eigenvalue weighted by atomic mass is 9.82. The van der Waals surface area contributed by atoms with Gasteiger partial charge in [-0.3, -0.25) is 4.98 Å². The number of nitrogens with zero attached hydrogens (tertiary/aromatic N) is 1. The summed E-state index contributed by atoms with van der Waals surface area (Å²) in [6, 6.07) is 4.85. The Hall–Kier alpha value is -0.890. The van der Waals surface area contributed by atoms with Crippen molar-refractivity contribution in [2.45, 2.75) is 32.4 Å². The van der Waals surface area contributed by atoms with Crippen molar-refractivity contribution in [1.82, 2.24) is 10.3 Å². The third-order valence-electron chi connectivity index (χ3n) is 2.69. The largest absolute Gasteiger partial charge is 0.310 e. The van der Waals surface area contributed by atoms with E-state index in [1.54, 1.807) is 0 Å². The van der Waals surface area contributed by atoms with Crippen LogP contribution in [0.2, 0.25) is 0 Å². The molecule has 1 N–H and O–H groups in total. The smallest absolute Gasteiger partial charge is 0.0312 e. The maximum atomic E-state index is 4.08. The number of aromatic nitrogens is 1. The van der Waals surface area contributed by atoms with Crippen molar-refractivity contribution in [1.29, 1.82) is 0 Å². The highest BCUT2D eigenvalue weighted by Gasteiger charge is 2.24. The summed E-state index contributed by atoms with van der Waals surface area (Å²) in [7, 11) is 0. The zero-order valence-electron chi connectivity index (χ0n) is 8.03. The van der Waals surface area contributed by atoms with Gasteiger partial charge in [-0.1, -0.05) is 13.0 Å². The number of hydrogen-bond donors (Lipinski definition) is 1. The lowest BCUT2D eigenvalue weighted by Crippen LogP contribution is -2.39. The van der Waals surface area contributed by atoms with Crippen LogP contribution in [0.1, 0.15) is 25.3 Å². The van der Waals surface area contributed by atoms with Crippen LogP contribution in [0.5, 0.6) is 0 Å². The molecule has 0 radical (unpaired) electrons. The third kappa shape index (κ3) is 2.28. The summed E-state index contributed by atoms with van der Waals surface area (Å²) in [5.74, 6) is 0.923. The van der Waals surface area contributed by atoms with Gasteiger partial charge in [-0.15, -0.1) is 0 Å². The van der Waals surface area contributed by atoms with Crippen LogP contribution in [0.15, 0.2) is 24.5 Å². The Bertz CT molecular complexity index is 252. The lowest BCUT2D eigenvalue weighted by Gasteiger charge is -2.33. The third-order valence-corrected chi connectivity index (χ3v) is 2.69. The molecular weight excluding hydrogens is 160 g/mol. The molecule has 0 aliphatic heterocycles. The van der Waals surface area contributed by atoms with Gasteiger partial charge in [0.15, 0.2) is 0 Å². The maximum Gasteiger partial charge on any atom is 0.0312 e. The van der Waals surface area contributed by atoms with Gasteiger partial charge < -0.3 is 5.32 Å². The van der Waals surface area contributed by atoms with Crippen LogP contribution in [-0.2, 0) is 6.54 Å². The molecule has 0 spiro atoms. The molecule has 0 aromatic carbocycles. The standard InChI is InChI=1S/C11H16N2/c1-9-5-11(6-9)13-8-10-3-2-4-12-7-10/h2-4,7,9,11,13H,5-6,8H2,1H3. The average molecular weight is 176 g/mol. The van der Waals surface area contributed by atoms with E-state index in [-0.39, 0.29) is 0 Å². The lowest BCUT2D eigenvalue weighted by molar-refractivity contribution is 0.240. The van der Waals surface area contributed by atoms with Gasteiger partial charge in [0.1, 0.15) is 0 Å². The highest BCUT2D eigenvalue weighted by Crippen LogP contribution is 2.26. The second-order valence-electron chi connectivity index (χ2n) is 4.02. The Balaban J connectivity index is 1.74. The summed E-state index contributed by atoms with van der Waals surface area (Å²) >= 11 is 0. The molecule has 1 fully saturated rings. The molecule has 13 heavy (non-hydrogen) atoms. The maximum absolute atomic E-state index is 4.08. The zero-order valence-corrected chi connectivity index (χ0v) is 8.03. The molecule has 2 heteroatoms. The summed E-state index contributed by atoms with van der Waals surface area (Å²) < 4.78 is 0. The van der Waals surface area contributed by atoms with Crippen LogP contribution in [0, 0.1) is 5.92 Å². The first kappa shape index (κ1) is 8.70. The molecule has 0 bridgehead atoms. The molecule has 70 valence electrons. The molecule has 0 atom stereocenters. The van der Waals surface area contributed by atoms with E-state index in [4.69, 9.17) is 0 Å². The van der Waals surface area contributed by atoms with Gasteiger partial charge in [-0.2, -0.15) is 0 Å². The zero-order chi connectivity index (χ0) is 9.10. The number of pyridine rings is 1. The van der Waals surface area contributed by atoms with E-state index in [0.717, 1.165) is 18.5 Å². The highest BCUT2D eigenvalue weighted by atomic mass is 14.9. The van der Waals surface area contributed by atoms with E-state index >= 15 is 0 Å². The summed E-state index contributed by atoms with van der Waals surface area (Å²) in [4.78, 5) is 4.08. The Morgan fingerprint density at radius 2 is 2.38 bits per heavy atom. The van der Waals surface area contributed by atoms with Crippen LogP contribution >= 0.6 is 0 Å². The first-order valence-electron chi connectivity index (χ1n) is 4.97. The summed E-state index contributed by atoms with van der Waals surface area (Å²) in [5, 5.41) is 3.53. The molecule has 0 unspecified atom stereocenters. The molecule has 1 saturated carbocycles. The van der Waals surface area contributed by atoms with Gasteiger partial charge >= 0.3 is 0 Å². The van der Waals surface area contributed by atoms with E-state index < -0.39 is 0 Å². The molecule has 1 aromatic heterocycles. The van der Waals surface area contributed by atoms with Crippen LogP contribution < -0.4 is 5.32 Å². The van der Waals surface area contributed by atoms with Gasteiger partial charge in [0, 0.05) is 25.0 Å². The molecule has 2 nitrogen and oxygen atoms in total. The van der Waals surface area contributed by atoms with Crippen molar-refractivity contribution in [3.05, 3.63) is 30.1 Å². The van der Waals surface area contributed by atoms with E-state index in [1.165, 1.54) is 18.4 Å². The predicted octanol–water partition coefficient (Wildman–Crippen LogP) is 1.97. The SMILES string of the molecule is CC1CC(NCc2cccnc2)C1. The van der Waals surface area contributed by atoms with Crippen molar-refractivity contribution < 1.29 is 0 Å². The van der Waals surface area contributed by atoms with Gasteiger partial charge in [0.05, 0.1) is 0 Å². The first-order valence-corrected chi connectivity index (χ1v) is 4.97. The van der Waals surface area contributed by atoms with Gasteiger partial charge in [0.2, 0.25) is 0 Å². The normalized spacial score (nSPS) is 26.8. The van der Waals surface area contributed by atoms with Crippen LogP contribution in [0.4, 0.5) is 0 Å². The van der Waals surface area contributed by atoms with Gasteiger partial charge in [-0.05, 0) is 30.4 Å². The van der Waals surface area contributed by atoms with E-state index in [0.29, 0.717) is 0 Å². The fraction of sp³-hybridized carbons (Fsp3) is 0.545. The number of rotatable bonds is 3. The average Bonchev–Trinajstić information content (AvgIpc) is 2.12. The van der Waals surface area contributed by atoms with Crippen LogP contribution in [0.3, 0.4) is 0 Å².